The Balaban J connectivity index is 2.18. The SMILES string of the molecule is C#CNc1c(C)cccc1C(=C)NC1CCC(=C)NC1=O. The number of aryl methyl sites for hydroxylation is 1. The number of nitrogens with one attached hydrogen (secondary N) is 3. The van der Waals surface area contributed by atoms with E-state index in [4.69, 9.17) is 6.42 Å². The summed E-state index contributed by atoms with van der Waals surface area (Å²) in [4.78, 5) is 11.9. The van der Waals surface area contributed by atoms with Gasteiger partial charge in [0.2, 0.25) is 5.91 Å². The van der Waals surface area contributed by atoms with E-state index in [-0.39, 0.29) is 11.9 Å². The van der Waals surface area contributed by atoms with Gasteiger partial charge >= 0.3 is 0 Å². The molecule has 0 aliphatic carbocycles. The van der Waals surface area contributed by atoms with Crippen molar-refractivity contribution in [3.8, 4) is 12.5 Å². The van der Waals surface area contributed by atoms with Crippen molar-refractivity contribution in [3.63, 3.8) is 0 Å². The predicted molar refractivity (Wildman–Crippen MR) is 86.1 cm³/mol. The van der Waals surface area contributed by atoms with Crippen LogP contribution in [0.1, 0.15) is 24.0 Å². The first kappa shape index (κ1) is 14.7. The van der Waals surface area contributed by atoms with Crippen LogP contribution in [0.4, 0.5) is 5.69 Å². The first-order valence-corrected chi connectivity index (χ1v) is 6.78. The summed E-state index contributed by atoms with van der Waals surface area (Å²) in [7, 11) is 0. The van der Waals surface area contributed by atoms with Crippen LogP contribution in [-0.2, 0) is 4.79 Å². The third-order valence-electron chi connectivity index (χ3n) is 3.49. The van der Waals surface area contributed by atoms with Crippen LogP contribution in [-0.4, -0.2) is 11.9 Å². The van der Waals surface area contributed by atoms with E-state index in [0.29, 0.717) is 12.1 Å². The summed E-state index contributed by atoms with van der Waals surface area (Å²) in [6.45, 7) is 9.77. The molecule has 0 bridgehead atoms. The third-order valence-corrected chi connectivity index (χ3v) is 3.49. The molecule has 1 aliphatic rings. The normalized spacial score (nSPS) is 17.6. The molecule has 1 unspecified atom stereocenters. The van der Waals surface area contributed by atoms with Gasteiger partial charge in [0, 0.05) is 23.0 Å². The van der Waals surface area contributed by atoms with Crippen LogP contribution >= 0.6 is 0 Å². The van der Waals surface area contributed by atoms with Gasteiger partial charge in [0.15, 0.2) is 0 Å². The number of carbonyl (C=O) groups excluding carboxylic acids is 1. The summed E-state index contributed by atoms with van der Waals surface area (Å²) in [6.07, 6.45) is 6.80. The summed E-state index contributed by atoms with van der Waals surface area (Å²) in [5.41, 5.74) is 4.15. The summed E-state index contributed by atoms with van der Waals surface area (Å²) >= 11 is 0. The maximum absolute atomic E-state index is 11.9. The van der Waals surface area contributed by atoms with Crippen LogP contribution in [0.5, 0.6) is 0 Å². The number of hydrogen-bond acceptors (Lipinski definition) is 3. The summed E-state index contributed by atoms with van der Waals surface area (Å²) in [6, 6.07) is 7.94. The van der Waals surface area contributed by atoms with Gasteiger partial charge in [-0.05, 0) is 25.3 Å². The summed E-state index contributed by atoms with van der Waals surface area (Å²) in [5, 5.41) is 8.82. The molecular formula is C17H19N3O. The molecule has 1 atom stereocenters. The molecule has 1 aromatic rings. The highest BCUT2D eigenvalue weighted by atomic mass is 16.2. The van der Waals surface area contributed by atoms with E-state index in [0.717, 1.165) is 28.9 Å². The van der Waals surface area contributed by atoms with Gasteiger partial charge < -0.3 is 16.0 Å². The second kappa shape index (κ2) is 6.19. The van der Waals surface area contributed by atoms with Crippen molar-refractivity contribution < 1.29 is 4.79 Å². The molecule has 1 saturated heterocycles. The smallest absolute Gasteiger partial charge is 0.246 e. The Labute approximate surface area is 125 Å². The maximum atomic E-state index is 11.9. The molecule has 1 heterocycles. The fourth-order valence-electron chi connectivity index (χ4n) is 2.36. The highest BCUT2D eigenvalue weighted by Gasteiger charge is 2.24. The van der Waals surface area contributed by atoms with E-state index in [1.807, 2.05) is 25.1 Å². The number of para-hydroxylation sites is 1. The Hall–Kier alpha value is -2.67. The number of rotatable bonds is 4. The molecule has 4 heteroatoms. The van der Waals surface area contributed by atoms with E-state index in [1.54, 1.807) is 0 Å². The van der Waals surface area contributed by atoms with Crippen molar-refractivity contribution >= 4 is 17.3 Å². The van der Waals surface area contributed by atoms with Crippen LogP contribution in [0.25, 0.3) is 5.70 Å². The number of anilines is 1. The standard InChI is InChI=1S/C17H19N3O/c1-5-18-16-11(2)7-6-8-14(16)13(4)20-15-10-9-12(3)19-17(15)21/h1,6-8,15,18,20H,3-4,9-10H2,2H3,(H,19,21). The quantitative estimate of drug-likeness (QED) is 0.586. The second-order valence-corrected chi connectivity index (χ2v) is 5.07. The number of allylic oxidation sites excluding steroid dienone is 1. The lowest BCUT2D eigenvalue weighted by atomic mass is 10.0. The Morgan fingerprint density at radius 3 is 2.95 bits per heavy atom. The van der Waals surface area contributed by atoms with Crippen LogP contribution in [0.2, 0.25) is 0 Å². The molecule has 1 amide bonds. The molecule has 108 valence electrons. The molecule has 4 nitrogen and oxygen atoms in total. The number of hydrogen-bond donors (Lipinski definition) is 3. The zero-order valence-corrected chi connectivity index (χ0v) is 12.1. The van der Waals surface area contributed by atoms with E-state index in [9.17, 15) is 4.79 Å². The minimum absolute atomic E-state index is 0.0773. The molecule has 1 fully saturated rings. The molecule has 1 aromatic carbocycles. The molecule has 1 aliphatic heterocycles. The van der Waals surface area contributed by atoms with Crippen molar-refractivity contribution in [2.75, 3.05) is 5.32 Å². The van der Waals surface area contributed by atoms with Crippen LogP contribution in [0, 0.1) is 19.4 Å². The number of amides is 1. The largest absolute Gasteiger partial charge is 0.374 e. The Bertz CT molecular complexity index is 640. The van der Waals surface area contributed by atoms with Crippen molar-refractivity contribution in [2.24, 2.45) is 0 Å². The number of carbonyl (C=O) groups is 1. The van der Waals surface area contributed by atoms with Crippen molar-refractivity contribution in [2.45, 2.75) is 25.8 Å². The van der Waals surface area contributed by atoms with Gasteiger partial charge in [0.25, 0.3) is 0 Å². The number of piperidine rings is 1. The zero-order chi connectivity index (χ0) is 15.4. The average Bonchev–Trinajstić information content (AvgIpc) is 2.44. The second-order valence-electron chi connectivity index (χ2n) is 5.07. The predicted octanol–water partition coefficient (Wildman–Crippen LogP) is 2.35. The van der Waals surface area contributed by atoms with E-state index >= 15 is 0 Å². The molecule has 3 N–H and O–H groups in total. The van der Waals surface area contributed by atoms with Crippen LogP contribution in [0.3, 0.4) is 0 Å². The Kier molecular flexibility index (Phi) is 4.34. The first-order valence-electron chi connectivity index (χ1n) is 6.78. The minimum atomic E-state index is -0.304. The van der Waals surface area contributed by atoms with Gasteiger partial charge in [-0.1, -0.05) is 37.8 Å². The van der Waals surface area contributed by atoms with Crippen LogP contribution in [0.15, 0.2) is 37.1 Å². The lowest BCUT2D eigenvalue weighted by molar-refractivity contribution is -0.123. The monoisotopic (exact) mass is 281 g/mol. The van der Waals surface area contributed by atoms with Gasteiger partial charge in [-0.25, -0.2) is 0 Å². The molecule has 0 saturated carbocycles. The summed E-state index contributed by atoms with van der Waals surface area (Å²) < 4.78 is 0. The zero-order valence-electron chi connectivity index (χ0n) is 12.1. The highest BCUT2D eigenvalue weighted by molar-refractivity contribution is 5.87. The number of benzene rings is 1. The molecular weight excluding hydrogens is 262 g/mol. The van der Waals surface area contributed by atoms with Crippen molar-refractivity contribution in [1.29, 1.82) is 0 Å². The molecule has 21 heavy (non-hydrogen) atoms. The fourth-order valence-corrected chi connectivity index (χ4v) is 2.36. The van der Waals surface area contributed by atoms with Gasteiger partial charge in [0.05, 0.1) is 5.69 Å². The Morgan fingerprint density at radius 1 is 1.52 bits per heavy atom. The van der Waals surface area contributed by atoms with Crippen molar-refractivity contribution in [1.82, 2.24) is 10.6 Å². The molecule has 0 radical (unpaired) electrons. The third kappa shape index (κ3) is 3.26. The number of terminal acetylenes is 1. The van der Waals surface area contributed by atoms with E-state index in [2.05, 4.69) is 35.2 Å². The van der Waals surface area contributed by atoms with E-state index in [1.165, 1.54) is 0 Å². The molecule has 0 aromatic heterocycles. The highest BCUT2D eigenvalue weighted by Crippen LogP contribution is 2.26. The summed E-state index contributed by atoms with van der Waals surface area (Å²) in [5.74, 6) is -0.0773. The fraction of sp³-hybridized carbons (Fsp3) is 0.235. The topological polar surface area (TPSA) is 53.2 Å². The lowest BCUT2D eigenvalue weighted by Crippen LogP contribution is -2.46. The van der Waals surface area contributed by atoms with Crippen molar-refractivity contribution in [3.05, 3.63) is 48.2 Å². The lowest BCUT2D eigenvalue weighted by Gasteiger charge is -2.26. The van der Waals surface area contributed by atoms with Gasteiger partial charge in [-0.3, -0.25) is 4.79 Å². The van der Waals surface area contributed by atoms with Gasteiger partial charge in [0.1, 0.15) is 6.04 Å². The maximum Gasteiger partial charge on any atom is 0.246 e. The first-order chi connectivity index (χ1) is 10.0. The molecule has 2 rings (SSSR count). The van der Waals surface area contributed by atoms with Gasteiger partial charge in [-0.2, -0.15) is 0 Å². The van der Waals surface area contributed by atoms with Crippen LogP contribution < -0.4 is 16.0 Å². The minimum Gasteiger partial charge on any atom is -0.374 e. The Morgan fingerprint density at radius 2 is 2.29 bits per heavy atom. The molecule has 0 spiro atoms. The van der Waals surface area contributed by atoms with E-state index < -0.39 is 0 Å². The van der Waals surface area contributed by atoms with Gasteiger partial charge in [-0.15, -0.1) is 0 Å². The average molecular weight is 281 g/mol.